The van der Waals surface area contributed by atoms with E-state index in [-0.39, 0.29) is 18.1 Å². The highest BCUT2D eigenvalue weighted by Gasteiger charge is 2.32. The van der Waals surface area contributed by atoms with E-state index in [2.05, 4.69) is 0 Å². The van der Waals surface area contributed by atoms with E-state index in [1.54, 1.807) is 4.90 Å². The van der Waals surface area contributed by atoms with Gasteiger partial charge in [0, 0.05) is 19.0 Å². The summed E-state index contributed by atoms with van der Waals surface area (Å²) in [4.78, 5) is 13.9. The van der Waals surface area contributed by atoms with E-state index >= 15 is 0 Å². The van der Waals surface area contributed by atoms with Crippen molar-refractivity contribution in [2.45, 2.75) is 90.1 Å². The van der Waals surface area contributed by atoms with Crippen LogP contribution in [0.4, 0.5) is 4.79 Å². The third kappa shape index (κ3) is 5.64. The minimum atomic E-state index is -0.691. The van der Waals surface area contributed by atoms with Crippen LogP contribution in [0.2, 0.25) is 0 Å². The minimum Gasteiger partial charge on any atom is -0.443 e. The molecule has 1 heterocycles. The lowest BCUT2D eigenvalue weighted by Gasteiger charge is -2.36. The number of hydrogen-bond acceptors (Lipinski definition) is 4. The molecule has 2 rings (SSSR count). The normalized spacial score (nSPS) is 22.9. The Morgan fingerprint density at radius 3 is 2.35 bits per heavy atom. The molecule has 134 valence electrons. The Kier molecular flexibility index (Phi) is 6.72. The number of likely N-dealkylation sites (tertiary alicyclic amines) is 1. The Balaban J connectivity index is 1.73. The van der Waals surface area contributed by atoms with Gasteiger partial charge < -0.3 is 19.5 Å². The van der Waals surface area contributed by atoms with Gasteiger partial charge in [0.2, 0.25) is 0 Å². The molecular formula is C18H33NO4. The molecule has 0 radical (unpaired) electrons. The molecule has 5 nitrogen and oxygen atoms in total. The second-order valence-corrected chi connectivity index (χ2v) is 7.59. The van der Waals surface area contributed by atoms with Crippen molar-refractivity contribution in [3.63, 3.8) is 0 Å². The molecule has 2 aliphatic rings. The maximum Gasteiger partial charge on any atom is 0.410 e. The molecule has 1 saturated carbocycles. The van der Waals surface area contributed by atoms with Gasteiger partial charge in [-0.05, 0) is 46.0 Å². The topological polar surface area (TPSA) is 59.0 Å². The number of hydrogen-bond donors (Lipinski definition) is 1. The number of carbonyl (C=O) groups excluding carboxylic acids is 1. The molecule has 23 heavy (non-hydrogen) atoms. The SMILES string of the molecule is CCC(C)(C)OC(=O)N1CCC(C(O)OC2CCCCC2)CC1. The number of amides is 1. The largest absolute Gasteiger partial charge is 0.443 e. The molecule has 0 aromatic carbocycles. The van der Waals surface area contributed by atoms with Crippen molar-refractivity contribution in [1.82, 2.24) is 4.90 Å². The quantitative estimate of drug-likeness (QED) is 0.782. The summed E-state index contributed by atoms with van der Waals surface area (Å²) in [6, 6.07) is 0. The zero-order valence-corrected chi connectivity index (χ0v) is 14.9. The van der Waals surface area contributed by atoms with Crippen LogP contribution in [0.5, 0.6) is 0 Å². The molecule has 0 aromatic rings. The van der Waals surface area contributed by atoms with Gasteiger partial charge >= 0.3 is 6.09 Å². The second-order valence-electron chi connectivity index (χ2n) is 7.59. The first-order valence-corrected chi connectivity index (χ1v) is 9.23. The van der Waals surface area contributed by atoms with Crippen molar-refractivity contribution in [1.29, 1.82) is 0 Å². The smallest absolute Gasteiger partial charge is 0.410 e. The summed E-state index contributed by atoms with van der Waals surface area (Å²) in [5.74, 6) is 0.125. The number of piperidine rings is 1. The lowest BCUT2D eigenvalue weighted by atomic mass is 9.95. The van der Waals surface area contributed by atoms with Gasteiger partial charge in [-0.15, -0.1) is 0 Å². The van der Waals surface area contributed by atoms with Crippen LogP contribution in [0.1, 0.15) is 72.1 Å². The lowest BCUT2D eigenvalue weighted by Crippen LogP contribution is -2.45. The number of nitrogens with zero attached hydrogens (tertiary/aromatic N) is 1. The van der Waals surface area contributed by atoms with Gasteiger partial charge in [0.15, 0.2) is 6.29 Å². The third-order valence-electron chi connectivity index (χ3n) is 5.30. The Morgan fingerprint density at radius 1 is 1.17 bits per heavy atom. The van der Waals surface area contributed by atoms with Crippen LogP contribution in [-0.4, -0.2) is 47.2 Å². The van der Waals surface area contributed by atoms with Gasteiger partial charge in [-0.2, -0.15) is 0 Å². The van der Waals surface area contributed by atoms with Gasteiger partial charge in [-0.1, -0.05) is 26.2 Å². The minimum absolute atomic E-state index is 0.125. The van der Waals surface area contributed by atoms with Crippen LogP contribution in [0, 0.1) is 5.92 Å². The van der Waals surface area contributed by atoms with Crippen molar-refractivity contribution in [3.05, 3.63) is 0 Å². The van der Waals surface area contributed by atoms with Crippen molar-refractivity contribution < 1.29 is 19.4 Å². The summed E-state index contributed by atoms with van der Waals surface area (Å²) in [5.41, 5.74) is -0.419. The van der Waals surface area contributed by atoms with E-state index in [0.717, 1.165) is 32.1 Å². The molecule has 1 saturated heterocycles. The summed E-state index contributed by atoms with van der Waals surface area (Å²) in [6.07, 6.45) is 7.44. The summed E-state index contributed by atoms with van der Waals surface area (Å²) in [7, 11) is 0. The molecule has 1 aliphatic heterocycles. The summed E-state index contributed by atoms with van der Waals surface area (Å²) in [5, 5.41) is 10.3. The maximum absolute atomic E-state index is 12.2. The number of aliphatic hydroxyl groups excluding tert-OH is 1. The molecule has 0 aromatic heterocycles. The lowest BCUT2D eigenvalue weighted by molar-refractivity contribution is -0.179. The Labute approximate surface area is 140 Å². The molecule has 5 heteroatoms. The molecule has 0 bridgehead atoms. The first kappa shape index (κ1) is 18.5. The fraction of sp³-hybridized carbons (Fsp3) is 0.944. The van der Waals surface area contributed by atoms with E-state index < -0.39 is 11.9 Å². The van der Waals surface area contributed by atoms with E-state index in [1.807, 2.05) is 20.8 Å². The van der Waals surface area contributed by atoms with E-state index in [0.29, 0.717) is 13.1 Å². The molecular weight excluding hydrogens is 294 g/mol. The van der Waals surface area contributed by atoms with Crippen molar-refractivity contribution in [2.24, 2.45) is 5.92 Å². The van der Waals surface area contributed by atoms with Crippen molar-refractivity contribution in [3.8, 4) is 0 Å². The summed E-state index contributed by atoms with van der Waals surface area (Å²) >= 11 is 0. The van der Waals surface area contributed by atoms with Crippen LogP contribution >= 0.6 is 0 Å². The Hall–Kier alpha value is -0.810. The van der Waals surface area contributed by atoms with Gasteiger partial charge in [-0.25, -0.2) is 4.79 Å². The van der Waals surface area contributed by atoms with Crippen molar-refractivity contribution >= 4 is 6.09 Å². The fourth-order valence-electron chi connectivity index (χ4n) is 3.25. The maximum atomic E-state index is 12.2. The van der Waals surface area contributed by atoms with Gasteiger partial charge in [-0.3, -0.25) is 0 Å². The number of ether oxygens (including phenoxy) is 2. The molecule has 1 N–H and O–H groups in total. The first-order valence-electron chi connectivity index (χ1n) is 9.23. The molecule has 2 fully saturated rings. The van der Waals surface area contributed by atoms with E-state index in [4.69, 9.17) is 9.47 Å². The van der Waals surface area contributed by atoms with Gasteiger partial charge in [0.25, 0.3) is 0 Å². The van der Waals surface area contributed by atoms with Crippen molar-refractivity contribution in [2.75, 3.05) is 13.1 Å². The van der Waals surface area contributed by atoms with E-state index in [9.17, 15) is 9.90 Å². The van der Waals surface area contributed by atoms with Crippen LogP contribution < -0.4 is 0 Å². The highest BCUT2D eigenvalue weighted by Crippen LogP contribution is 2.27. The number of rotatable bonds is 5. The Bertz CT molecular complexity index is 371. The van der Waals surface area contributed by atoms with Crippen LogP contribution in [-0.2, 0) is 9.47 Å². The zero-order chi connectivity index (χ0) is 16.9. The zero-order valence-electron chi connectivity index (χ0n) is 14.9. The van der Waals surface area contributed by atoms with Gasteiger partial charge in [0.1, 0.15) is 5.60 Å². The average molecular weight is 327 g/mol. The van der Waals surface area contributed by atoms with Crippen LogP contribution in [0.25, 0.3) is 0 Å². The van der Waals surface area contributed by atoms with Gasteiger partial charge in [0.05, 0.1) is 6.10 Å². The third-order valence-corrected chi connectivity index (χ3v) is 5.30. The number of carbonyl (C=O) groups is 1. The summed E-state index contributed by atoms with van der Waals surface area (Å²) in [6.45, 7) is 7.14. The molecule has 1 unspecified atom stereocenters. The molecule has 0 spiro atoms. The first-order chi connectivity index (χ1) is 10.9. The number of aliphatic hydroxyl groups is 1. The van der Waals surface area contributed by atoms with Crippen LogP contribution in [0.15, 0.2) is 0 Å². The molecule has 1 amide bonds. The van der Waals surface area contributed by atoms with Crippen LogP contribution in [0.3, 0.4) is 0 Å². The molecule has 1 atom stereocenters. The predicted molar refractivity (Wildman–Crippen MR) is 89.1 cm³/mol. The average Bonchev–Trinajstić information content (AvgIpc) is 2.55. The molecule has 1 aliphatic carbocycles. The van der Waals surface area contributed by atoms with E-state index in [1.165, 1.54) is 19.3 Å². The monoisotopic (exact) mass is 327 g/mol. The fourth-order valence-corrected chi connectivity index (χ4v) is 3.25. The standard InChI is InChI=1S/C18H33NO4/c1-4-18(2,3)23-17(21)19-12-10-14(11-13-19)16(20)22-15-8-6-5-7-9-15/h14-16,20H,4-13H2,1-3H3. The highest BCUT2D eigenvalue weighted by molar-refractivity contribution is 5.68. The predicted octanol–water partition coefficient (Wildman–Crippen LogP) is 3.69. The Morgan fingerprint density at radius 2 is 1.78 bits per heavy atom. The summed E-state index contributed by atoms with van der Waals surface area (Å²) < 4.78 is 11.4. The second kappa shape index (κ2) is 8.34. The highest BCUT2D eigenvalue weighted by atomic mass is 16.6.